The molecule has 2 fully saturated rings. The fourth-order valence-corrected chi connectivity index (χ4v) is 9.44. The summed E-state index contributed by atoms with van der Waals surface area (Å²) in [6, 6.07) is 23.5. The minimum Gasteiger partial charge on any atom is -0.437 e. The van der Waals surface area contributed by atoms with E-state index in [2.05, 4.69) is 35.4 Å². The minimum absolute atomic E-state index is 0.0189. The number of hydrogen-bond donors (Lipinski definition) is 4. The van der Waals surface area contributed by atoms with E-state index in [9.17, 15) is 76.1 Å². The summed E-state index contributed by atoms with van der Waals surface area (Å²) in [5, 5.41) is 18.2. The maximum atomic E-state index is 15.0. The molecule has 4 aromatic carbocycles. The Morgan fingerprint density at radius 2 is 1.11 bits per heavy atom. The monoisotopic (exact) mass is 1190 g/mol. The Morgan fingerprint density at radius 3 is 1.48 bits per heavy atom. The first-order chi connectivity index (χ1) is 37.9. The van der Waals surface area contributed by atoms with Gasteiger partial charge in [0.2, 0.25) is 11.8 Å². The Morgan fingerprint density at radius 1 is 0.679 bits per heavy atom. The number of pyridine rings is 2. The Kier molecular flexibility index (Phi) is 18.9. The van der Waals surface area contributed by atoms with Crippen LogP contribution in [0.2, 0.25) is 16.9 Å². The van der Waals surface area contributed by atoms with Crippen LogP contribution in [0.25, 0.3) is 0 Å². The average molecular weight is 1190 g/mol. The molecule has 0 aliphatic carbocycles. The number of alkyl halides is 12. The molecular weight excluding hydrogens is 1150 g/mol. The van der Waals surface area contributed by atoms with Gasteiger partial charge in [0.1, 0.15) is 34.2 Å². The Bertz CT molecular complexity index is 3130. The molecule has 2 aliphatic rings. The van der Waals surface area contributed by atoms with E-state index in [1.54, 1.807) is 60.7 Å². The highest BCUT2D eigenvalue weighted by molar-refractivity contribution is 6.46. The highest BCUT2D eigenvalue weighted by Crippen LogP contribution is 2.41. The van der Waals surface area contributed by atoms with Crippen molar-refractivity contribution in [3.05, 3.63) is 189 Å². The van der Waals surface area contributed by atoms with E-state index in [1.807, 2.05) is 0 Å². The summed E-state index contributed by atoms with van der Waals surface area (Å²) in [4.78, 5) is 36.5. The topological polar surface area (TPSA) is 138 Å². The van der Waals surface area contributed by atoms with E-state index in [0.717, 1.165) is 29.1 Å². The number of nitrogens with one attached hydrogen (secondary N) is 3. The van der Waals surface area contributed by atoms with Crippen LogP contribution >= 0.6 is 23.2 Å². The first-order valence-electron chi connectivity index (χ1n) is 24.1. The molecule has 6 aromatic rings. The molecule has 11 nitrogen and oxygen atoms in total. The van der Waals surface area contributed by atoms with Crippen molar-refractivity contribution in [3.63, 3.8) is 0 Å². The number of benzene rings is 4. The predicted octanol–water partition coefficient (Wildman–Crippen LogP) is 11.2. The second kappa shape index (κ2) is 24.8. The molecular formula is C53H45BCl2F14N6O5. The number of amides is 2. The summed E-state index contributed by atoms with van der Waals surface area (Å²) in [6.45, 7) is -0.468. The summed E-state index contributed by atoms with van der Waals surface area (Å²) in [6.07, 6.45) is -18.2. The normalized spacial score (nSPS) is 18.5. The number of nitrogens with zero attached hydrogens (tertiary/aromatic N) is 3. The lowest BCUT2D eigenvalue weighted by Crippen LogP contribution is -2.56. The molecule has 0 radical (unpaired) electrons. The molecule has 2 amide bonds. The van der Waals surface area contributed by atoms with Gasteiger partial charge in [-0.05, 0) is 77.6 Å². The lowest BCUT2D eigenvalue weighted by molar-refractivity contribution is -0.253. The lowest BCUT2D eigenvalue weighted by atomic mass is 9.79. The molecule has 4 heterocycles. The zero-order chi connectivity index (χ0) is 59.3. The number of halogens is 16. The van der Waals surface area contributed by atoms with Crippen LogP contribution in [0.3, 0.4) is 0 Å². The number of aromatic nitrogens is 2. The second-order valence-corrected chi connectivity index (χ2v) is 19.9. The predicted molar refractivity (Wildman–Crippen MR) is 268 cm³/mol. The molecule has 8 rings (SSSR count). The SMILES string of the molecule is CB(O)N1CC(F)(F)C[C@@H]1C(=O)N[C@@](Cc1ccccc1)(c1cc(F)cc(OC(F)(F)C(F)F)c1)c1ccc(Cl)cn1.O=C(N[C@@](Cc1ccccc1)(c1cc(F)cc(OC(F)(F)C(F)F)c1)c1ccc(Cl)cn1)[C@H]1CC(F)(F)CN1. The van der Waals surface area contributed by atoms with Crippen molar-refractivity contribution in [1.29, 1.82) is 0 Å². The highest BCUT2D eigenvalue weighted by Gasteiger charge is 2.53. The number of carbonyl (C=O) groups is 2. The van der Waals surface area contributed by atoms with Crippen molar-refractivity contribution in [3.8, 4) is 11.5 Å². The smallest absolute Gasteiger partial charge is 0.437 e. The maximum Gasteiger partial charge on any atom is 0.461 e. The van der Waals surface area contributed by atoms with Crippen molar-refractivity contribution in [2.75, 3.05) is 13.1 Å². The molecule has 81 heavy (non-hydrogen) atoms. The van der Waals surface area contributed by atoms with Crippen LogP contribution in [0.4, 0.5) is 61.5 Å². The van der Waals surface area contributed by atoms with Crippen molar-refractivity contribution in [2.24, 2.45) is 0 Å². The van der Waals surface area contributed by atoms with E-state index in [4.69, 9.17) is 23.2 Å². The Labute approximate surface area is 463 Å². The third-order valence-corrected chi connectivity index (χ3v) is 13.3. The van der Waals surface area contributed by atoms with Gasteiger partial charge in [0.25, 0.3) is 11.8 Å². The quantitative estimate of drug-likeness (QED) is 0.0461. The van der Waals surface area contributed by atoms with Gasteiger partial charge in [-0.3, -0.25) is 24.9 Å². The van der Waals surface area contributed by atoms with Gasteiger partial charge in [-0.1, -0.05) is 83.9 Å². The van der Waals surface area contributed by atoms with Crippen molar-refractivity contribution >= 4 is 42.1 Å². The van der Waals surface area contributed by atoms with Crippen LogP contribution in [0, 0.1) is 11.6 Å². The Balaban J connectivity index is 0.000000234. The highest BCUT2D eigenvalue weighted by atomic mass is 35.5. The van der Waals surface area contributed by atoms with Crippen molar-refractivity contribution in [2.45, 2.75) is 92.6 Å². The van der Waals surface area contributed by atoms with Gasteiger partial charge in [0.05, 0.1) is 46.6 Å². The lowest BCUT2D eigenvalue weighted by Gasteiger charge is -2.37. The minimum atomic E-state index is -4.98. The molecule has 28 heteroatoms. The number of rotatable bonds is 19. The third-order valence-electron chi connectivity index (χ3n) is 12.9. The first-order valence-corrected chi connectivity index (χ1v) is 24.9. The van der Waals surface area contributed by atoms with Crippen LogP contribution in [0.1, 0.15) is 46.5 Å². The fraction of sp³-hybridized carbons (Fsp3) is 0.321. The van der Waals surface area contributed by atoms with Gasteiger partial charge < -0.3 is 29.9 Å². The fourth-order valence-electron chi connectivity index (χ4n) is 9.21. The van der Waals surface area contributed by atoms with Gasteiger partial charge in [-0.2, -0.15) is 35.1 Å². The zero-order valence-corrected chi connectivity index (χ0v) is 43.3. The summed E-state index contributed by atoms with van der Waals surface area (Å²) in [7, 11) is -1.45. The van der Waals surface area contributed by atoms with Crippen LogP contribution in [0.5, 0.6) is 11.5 Å². The molecule has 4 atom stereocenters. The largest absolute Gasteiger partial charge is 0.461 e. The maximum absolute atomic E-state index is 15.0. The van der Waals surface area contributed by atoms with E-state index < -0.39 is 128 Å². The van der Waals surface area contributed by atoms with Crippen LogP contribution in [-0.2, 0) is 33.5 Å². The number of carbonyl (C=O) groups excluding carboxylic acids is 2. The van der Waals surface area contributed by atoms with Gasteiger partial charge in [0.15, 0.2) is 0 Å². The number of hydrogen-bond acceptors (Lipinski definition) is 9. The van der Waals surface area contributed by atoms with Crippen molar-refractivity contribution < 1.29 is 85.6 Å². The molecule has 2 aliphatic heterocycles. The van der Waals surface area contributed by atoms with Crippen LogP contribution < -0.4 is 25.4 Å². The van der Waals surface area contributed by atoms with E-state index in [-0.39, 0.29) is 45.4 Å². The third kappa shape index (κ3) is 15.2. The number of ether oxygens (including phenoxy) is 2. The molecule has 0 bridgehead atoms. The summed E-state index contributed by atoms with van der Waals surface area (Å²) in [5.74, 6) is -12.7. The Hall–Kier alpha value is -6.74. The average Bonchev–Trinajstić information content (AvgIpc) is 4.02. The van der Waals surface area contributed by atoms with Gasteiger partial charge in [-0.15, -0.1) is 0 Å². The molecule has 432 valence electrons. The summed E-state index contributed by atoms with van der Waals surface area (Å²) >= 11 is 12.0. The first kappa shape index (κ1) is 61.9. The van der Waals surface area contributed by atoms with E-state index in [0.29, 0.717) is 23.3 Å². The van der Waals surface area contributed by atoms with Gasteiger partial charge >= 0.3 is 32.1 Å². The van der Waals surface area contributed by atoms with Crippen LogP contribution in [0.15, 0.2) is 134 Å². The molecule has 2 saturated heterocycles. The zero-order valence-electron chi connectivity index (χ0n) is 41.8. The molecule has 4 N–H and O–H groups in total. The van der Waals surface area contributed by atoms with Crippen LogP contribution in [-0.4, -0.2) is 101 Å². The molecule has 0 unspecified atom stereocenters. The second-order valence-electron chi connectivity index (χ2n) is 19.0. The van der Waals surface area contributed by atoms with Crippen molar-refractivity contribution in [1.82, 2.24) is 30.7 Å². The van der Waals surface area contributed by atoms with E-state index in [1.165, 1.54) is 43.5 Å². The summed E-state index contributed by atoms with van der Waals surface area (Å²) in [5.41, 5.74) is -3.27. The summed E-state index contributed by atoms with van der Waals surface area (Å²) < 4.78 is 201. The standard InChI is InChI=1S/C27H24BClF7N3O3.C26H21ClF7N3O2/c1-28(41)39-15-25(33,34)13-21(39)23(40)38-26(12-16-5-3-2-4-6-16,22-8-7-18(29)14-37-22)17-9-19(30)11-20(10-17)42-27(35,36)24(31)32;27-17-6-7-21(35-13-17)25(11-15-4-2-1-3-5-15,37-22(38)20-12-24(31,32)14-36-20)16-8-18(28)10-19(9-16)39-26(33,34)23(29)30/h2-11,14,21,24,41H,12-13,15H2,1H3,(H,38,40);1-10,13,20,23,36H,11-12,14H2,(H,37,38)/t21-,26+;20-,25+/m11/s1. The molecule has 0 saturated carbocycles. The van der Waals surface area contributed by atoms with Gasteiger partial charge in [-0.25, -0.2) is 26.3 Å². The molecule has 2 aromatic heterocycles. The molecule has 0 spiro atoms. The van der Waals surface area contributed by atoms with E-state index >= 15 is 0 Å². The van der Waals surface area contributed by atoms with Gasteiger partial charge in [0, 0.05) is 50.2 Å².